The lowest BCUT2D eigenvalue weighted by Crippen LogP contribution is -2.57. The normalized spacial score (nSPS) is 23.6. The van der Waals surface area contributed by atoms with E-state index in [-0.39, 0.29) is 11.4 Å². The van der Waals surface area contributed by atoms with E-state index in [0.717, 1.165) is 39.1 Å². The SMILES string of the molecule is CCCNC(=O)N1CCN2CC(C)(C)c3ccccc3C2C1. The first-order chi connectivity index (χ1) is 10.5. The van der Waals surface area contributed by atoms with Gasteiger partial charge in [0.2, 0.25) is 0 Å². The second-order valence-electron chi connectivity index (χ2n) is 7.14. The molecule has 4 heteroatoms. The van der Waals surface area contributed by atoms with E-state index >= 15 is 0 Å². The monoisotopic (exact) mass is 301 g/mol. The Hall–Kier alpha value is -1.55. The molecule has 0 aliphatic carbocycles. The highest BCUT2D eigenvalue weighted by Gasteiger charge is 2.40. The van der Waals surface area contributed by atoms with Crippen molar-refractivity contribution in [2.45, 2.75) is 38.6 Å². The summed E-state index contributed by atoms with van der Waals surface area (Å²) in [7, 11) is 0. The molecule has 2 aliphatic heterocycles. The van der Waals surface area contributed by atoms with E-state index in [1.165, 1.54) is 11.1 Å². The highest BCUT2D eigenvalue weighted by Crippen LogP contribution is 2.40. The van der Waals surface area contributed by atoms with Crippen molar-refractivity contribution >= 4 is 6.03 Å². The fourth-order valence-electron chi connectivity index (χ4n) is 3.83. The highest BCUT2D eigenvalue weighted by molar-refractivity contribution is 5.74. The third-order valence-corrected chi connectivity index (χ3v) is 4.95. The summed E-state index contributed by atoms with van der Waals surface area (Å²) in [4.78, 5) is 16.8. The Labute approximate surface area is 133 Å². The summed E-state index contributed by atoms with van der Waals surface area (Å²) in [6.45, 7) is 11.1. The molecule has 2 heterocycles. The van der Waals surface area contributed by atoms with Crippen LogP contribution in [0.15, 0.2) is 24.3 Å². The summed E-state index contributed by atoms with van der Waals surface area (Å²) < 4.78 is 0. The smallest absolute Gasteiger partial charge is 0.317 e. The zero-order valence-corrected chi connectivity index (χ0v) is 13.9. The maximum atomic E-state index is 12.3. The van der Waals surface area contributed by atoms with Crippen molar-refractivity contribution in [2.24, 2.45) is 0 Å². The summed E-state index contributed by atoms with van der Waals surface area (Å²) in [5.74, 6) is 0. The van der Waals surface area contributed by atoms with Gasteiger partial charge in [0.1, 0.15) is 0 Å². The van der Waals surface area contributed by atoms with Gasteiger partial charge < -0.3 is 10.2 Å². The Morgan fingerprint density at radius 1 is 1.32 bits per heavy atom. The number of hydrogen-bond acceptors (Lipinski definition) is 2. The largest absolute Gasteiger partial charge is 0.338 e. The third kappa shape index (κ3) is 2.72. The van der Waals surface area contributed by atoms with Crippen molar-refractivity contribution in [1.29, 1.82) is 0 Å². The fourth-order valence-corrected chi connectivity index (χ4v) is 3.83. The molecule has 1 atom stereocenters. The Kier molecular flexibility index (Phi) is 4.13. The number of piperazine rings is 1. The van der Waals surface area contributed by atoms with Crippen LogP contribution in [0.5, 0.6) is 0 Å². The number of hydrogen-bond donors (Lipinski definition) is 1. The van der Waals surface area contributed by atoms with E-state index in [9.17, 15) is 4.79 Å². The highest BCUT2D eigenvalue weighted by atomic mass is 16.2. The van der Waals surface area contributed by atoms with Crippen molar-refractivity contribution in [3.8, 4) is 0 Å². The van der Waals surface area contributed by atoms with Crippen molar-refractivity contribution in [3.05, 3.63) is 35.4 Å². The van der Waals surface area contributed by atoms with Gasteiger partial charge in [-0.05, 0) is 17.5 Å². The number of fused-ring (bicyclic) bond motifs is 3. The molecule has 2 aliphatic rings. The molecular weight excluding hydrogens is 274 g/mol. The molecule has 1 aromatic rings. The first kappa shape index (κ1) is 15.3. The van der Waals surface area contributed by atoms with Crippen LogP contribution >= 0.6 is 0 Å². The predicted octanol–water partition coefficient (Wildman–Crippen LogP) is 2.76. The Morgan fingerprint density at radius 3 is 2.86 bits per heavy atom. The van der Waals surface area contributed by atoms with Crippen LogP contribution < -0.4 is 5.32 Å². The van der Waals surface area contributed by atoms with Gasteiger partial charge in [-0.3, -0.25) is 4.90 Å². The summed E-state index contributed by atoms with van der Waals surface area (Å²) >= 11 is 0. The maximum absolute atomic E-state index is 12.3. The van der Waals surface area contributed by atoms with Gasteiger partial charge in [0, 0.05) is 38.1 Å². The number of rotatable bonds is 2. The van der Waals surface area contributed by atoms with Gasteiger partial charge in [-0.1, -0.05) is 45.0 Å². The molecule has 0 aromatic heterocycles. The minimum Gasteiger partial charge on any atom is -0.338 e. The topological polar surface area (TPSA) is 35.6 Å². The van der Waals surface area contributed by atoms with Crippen LogP contribution in [0.3, 0.4) is 0 Å². The van der Waals surface area contributed by atoms with Crippen molar-refractivity contribution in [2.75, 3.05) is 32.7 Å². The Bertz CT molecular complexity index is 555. The van der Waals surface area contributed by atoms with Gasteiger partial charge in [-0.25, -0.2) is 4.79 Å². The van der Waals surface area contributed by atoms with E-state index in [0.29, 0.717) is 6.04 Å². The summed E-state index contributed by atoms with van der Waals surface area (Å²) in [6, 6.07) is 9.16. The van der Waals surface area contributed by atoms with E-state index in [1.807, 2.05) is 4.90 Å². The Morgan fingerprint density at radius 2 is 2.09 bits per heavy atom. The van der Waals surface area contributed by atoms with Gasteiger partial charge in [0.15, 0.2) is 0 Å². The average Bonchev–Trinajstić information content (AvgIpc) is 2.52. The number of benzene rings is 1. The summed E-state index contributed by atoms with van der Waals surface area (Å²) in [6.07, 6.45) is 0.978. The molecule has 1 saturated heterocycles. The quantitative estimate of drug-likeness (QED) is 0.911. The van der Waals surface area contributed by atoms with Gasteiger partial charge in [-0.2, -0.15) is 0 Å². The number of nitrogens with zero attached hydrogens (tertiary/aromatic N) is 2. The number of urea groups is 1. The number of nitrogens with one attached hydrogen (secondary N) is 1. The van der Waals surface area contributed by atoms with Crippen LogP contribution in [-0.4, -0.2) is 48.6 Å². The van der Waals surface area contributed by atoms with Crippen LogP contribution in [0.4, 0.5) is 4.79 Å². The molecule has 0 radical (unpaired) electrons. The molecule has 4 nitrogen and oxygen atoms in total. The third-order valence-electron chi connectivity index (χ3n) is 4.95. The molecule has 1 fully saturated rings. The van der Waals surface area contributed by atoms with E-state index in [4.69, 9.17) is 0 Å². The zero-order chi connectivity index (χ0) is 15.7. The number of carbonyl (C=O) groups excluding carboxylic acids is 1. The van der Waals surface area contributed by atoms with Gasteiger partial charge in [-0.15, -0.1) is 0 Å². The molecule has 2 amide bonds. The molecule has 120 valence electrons. The minimum atomic E-state index is 0.0869. The van der Waals surface area contributed by atoms with Crippen LogP contribution in [0.2, 0.25) is 0 Å². The Balaban J connectivity index is 1.82. The lowest BCUT2D eigenvalue weighted by Gasteiger charge is -2.49. The first-order valence-corrected chi connectivity index (χ1v) is 8.39. The molecule has 0 bridgehead atoms. The van der Waals surface area contributed by atoms with Crippen LogP contribution in [0, 0.1) is 0 Å². The molecule has 0 spiro atoms. The molecule has 1 unspecified atom stereocenters. The molecule has 3 rings (SSSR count). The van der Waals surface area contributed by atoms with Gasteiger partial charge in [0.25, 0.3) is 0 Å². The van der Waals surface area contributed by atoms with Crippen molar-refractivity contribution in [3.63, 3.8) is 0 Å². The molecular formula is C18H27N3O. The van der Waals surface area contributed by atoms with Gasteiger partial charge >= 0.3 is 6.03 Å². The van der Waals surface area contributed by atoms with Crippen molar-refractivity contribution < 1.29 is 4.79 Å². The van der Waals surface area contributed by atoms with E-state index in [2.05, 4.69) is 55.3 Å². The molecule has 1 aromatic carbocycles. The van der Waals surface area contributed by atoms with Crippen LogP contribution in [0.25, 0.3) is 0 Å². The van der Waals surface area contributed by atoms with Crippen LogP contribution in [0.1, 0.15) is 44.4 Å². The predicted molar refractivity (Wildman–Crippen MR) is 89.0 cm³/mol. The fraction of sp³-hybridized carbons (Fsp3) is 0.611. The molecule has 22 heavy (non-hydrogen) atoms. The van der Waals surface area contributed by atoms with E-state index < -0.39 is 0 Å². The van der Waals surface area contributed by atoms with Gasteiger partial charge in [0.05, 0.1) is 6.04 Å². The maximum Gasteiger partial charge on any atom is 0.317 e. The first-order valence-electron chi connectivity index (χ1n) is 8.39. The molecule has 1 N–H and O–H groups in total. The molecule has 0 saturated carbocycles. The standard InChI is InChI=1S/C18H27N3O/c1-4-9-19-17(22)20-10-11-21-13-18(2,3)15-8-6-5-7-14(15)16(21)12-20/h5-8,16H,4,9-13H2,1-3H3,(H,19,22). The second kappa shape index (κ2) is 5.92. The lowest BCUT2D eigenvalue weighted by molar-refractivity contribution is 0.0613. The number of carbonyl (C=O) groups is 1. The van der Waals surface area contributed by atoms with Crippen LogP contribution in [-0.2, 0) is 5.41 Å². The minimum absolute atomic E-state index is 0.0869. The summed E-state index contributed by atoms with van der Waals surface area (Å²) in [5.41, 5.74) is 3.01. The number of amides is 2. The average molecular weight is 301 g/mol. The second-order valence-corrected chi connectivity index (χ2v) is 7.14. The van der Waals surface area contributed by atoms with Crippen molar-refractivity contribution in [1.82, 2.24) is 15.1 Å². The lowest BCUT2D eigenvalue weighted by atomic mass is 9.75. The van der Waals surface area contributed by atoms with E-state index in [1.54, 1.807) is 0 Å². The summed E-state index contributed by atoms with van der Waals surface area (Å²) in [5, 5.41) is 3.01. The zero-order valence-electron chi connectivity index (χ0n) is 13.9.